The second-order valence-electron chi connectivity index (χ2n) is 5.01. The Morgan fingerprint density at radius 3 is 1.89 bits per heavy atom. The van der Waals surface area contributed by atoms with Gasteiger partial charge in [-0.25, -0.2) is 0 Å². The molecule has 1 fully saturated rings. The molecular weight excluding hydrogens is 234 g/mol. The molecule has 0 radical (unpaired) electrons. The summed E-state index contributed by atoms with van der Waals surface area (Å²) in [6.45, 7) is 5.76. The summed E-state index contributed by atoms with van der Waals surface area (Å²) in [5.41, 5.74) is 5.14. The first-order valence-corrected chi connectivity index (χ1v) is 6.83. The van der Waals surface area contributed by atoms with E-state index in [1.54, 1.807) is 0 Å². The molecule has 19 heavy (non-hydrogen) atoms. The number of morpholine rings is 1. The second-order valence-corrected chi connectivity index (χ2v) is 5.01. The lowest BCUT2D eigenvalue weighted by atomic mass is 10.0. The lowest BCUT2D eigenvalue weighted by Crippen LogP contribution is -2.36. The van der Waals surface area contributed by atoms with Crippen LogP contribution in [-0.2, 0) is 4.74 Å². The van der Waals surface area contributed by atoms with Crippen molar-refractivity contribution in [2.24, 2.45) is 0 Å². The van der Waals surface area contributed by atoms with Gasteiger partial charge in [0.05, 0.1) is 13.2 Å². The SMILES string of the molecule is Cc1ccc(-c2ccc(N3CCOCC3)cc2)cc1. The number of ether oxygens (including phenoxy) is 1. The molecular formula is C17H19NO. The average molecular weight is 253 g/mol. The lowest BCUT2D eigenvalue weighted by Gasteiger charge is -2.28. The summed E-state index contributed by atoms with van der Waals surface area (Å²) in [4.78, 5) is 2.38. The van der Waals surface area contributed by atoms with Crippen molar-refractivity contribution in [1.82, 2.24) is 0 Å². The van der Waals surface area contributed by atoms with Crippen LogP contribution < -0.4 is 4.90 Å². The van der Waals surface area contributed by atoms with Crippen molar-refractivity contribution in [1.29, 1.82) is 0 Å². The summed E-state index contributed by atoms with van der Waals surface area (Å²) in [6.07, 6.45) is 0. The Morgan fingerprint density at radius 1 is 0.789 bits per heavy atom. The van der Waals surface area contributed by atoms with Crippen LogP contribution in [0.25, 0.3) is 11.1 Å². The van der Waals surface area contributed by atoms with Crippen molar-refractivity contribution in [3.63, 3.8) is 0 Å². The predicted octanol–water partition coefficient (Wildman–Crippen LogP) is 3.50. The van der Waals surface area contributed by atoms with Crippen LogP contribution in [0.1, 0.15) is 5.56 Å². The predicted molar refractivity (Wildman–Crippen MR) is 79.6 cm³/mol. The van der Waals surface area contributed by atoms with E-state index in [0.29, 0.717) is 0 Å². The fourth-order valence-electron chi connectivity index (χ4n) is 2.43. The van der Waals surface area contributed by atoms with Gasteiger partial charge in [0.15, 0.2) is 0 Å². The van der Waals surface area contributed by atoms with Crippen LogP contribution in [0.4, 0.5) is 5.69 Å². The Hall–Kier alpha value is -1.80. The largest absolute Gasteiger partial charge is 0.378 e. The van der Waals surface area contributed by atoms with E-state index in [0.717, 1.165) is 26.3 Å². The summed E-state index contributed by atoms with van der Waals surface area (Å²) in [5.74, 6) is 0. The van der Waals surface area contributed by atoms with E-state index in [-0.39, 0.29) is 0 Å². The van der Waals surface area contributed by atoms with Gasteiger partial charge in [-0.15, -0.1) is 0 Å². The van der Waals surface area contributed by atoms with Gasteiger partial charge in [-0.1, -0.05) is 42.0 Å². The van der Waals surface area contributed by atoms with Gasteiger partial charge in [-0.05, 0) is 30.2 Å². The molecule has 0 N–H and O–H groups in total. The van der Waals surface area contributed by atoms with Crippen LogP contribution in [0.5, 0.6) is 0 Å². The van der Waals surface area contributed by atoms with Gasteiger partial charge in [0.1, 0.15) is 0 Å². The Bertz CT molecular complexity index is 524. The summed E-state index contributed by atoms with van der Waals surface area (Å²) in [5, 5.41) is 0. The molecule has 0 bridgehead atoms. The van der Waals surface area contributed by atoms with Crippen LogP contribution in [0.2, 0.25) is 0 Å². The first kappa shape index (κ1) is 12.2. The van der Waals surface area contributed by atoms with Crippen molar-refractivity contribution >= 4 is 5.69 Å². The molecule has 0 aliphatic carbocycles. The standard InChI is InChI=1S/C17H19NO/c1-14-2-4-15(5-3-14)16-6-8-17(9-7-16)18-10-12-19-13-11-18/h2-9H,10-13H2,1H3. The zero-order chi connectivity index (χ0) is 13.1. The monoisotopic (exact) mass is 253 g/mol. The number of hydrogen-bond donors (Lipinski definition) is 0. The summed E-state index contributed by atoms with van der Waals surface area (Å²) in [6, 6.07) is 17.5. The van der Waals surface area contributed by atoms with Gasteiger partial charge in [0.2, 0.25) is 0 Å². The first-order chi connectivity index (χ1) is 9.33. The summed E-state index contributed by atoms with van der Waals surface area (Å²) >= 11 is 0. The second kappa shape index (κ2) is 5.45. The number of anilines is 1. The molecule has 98 valence electrons. The highest BCUT2D eigenvalue weighted by Crippen LogP contribution is 2.24. The zero-order valence-corrected chi connectivity index (χ0v) is 11.3. The molecule has 2 heteroatoms. The first-order valence-electron chi connectivity index (χ1n) is 6.83. The molecule has 0 unspecified atom stereocenters. The minimum atomic E-state index is 0.833. The number of aryl methyl sites for hydroxylation is 1. The molecule has 1 saturated heterocycles. The van der Waals surface area contributed by atoms with Crippen molar-refractivity contribution in [3.05, 3.63) is 54.1 Å². The highest BCUT2D eigenvalue weighted by atomic mass is 16.5. The van der Waals surface area contributed by atoms with Gasteiger partial charge in [0.25, 0.3) is 0 Å². The average Bonchev–Trinajstić information content (AvgIpc) is 2.49. The quantitative estimate of drug-likeness (QED) is 0.812. The summed E-state index contributed by atoms with van der Waals surface area (Å²) < 4.78 is 5.38. The maximum Gasteiger partial charge on any atom is 0.0642 e. The Labute approximate surface area is 114 Å². The lowest BCUT2D eigenvalue weighted by molar-refractivity contribution is 0.122. The third kappa shape index (κ3) is 2.79. The molecule has 2 aromatic rings. The van der Waals surface area contributed by atoms with Crippen molar-refractivity contribution in [2.75, 3.05) is 31.2 Å². The normalized spacial score (nSPS) is 15.5. The molecule has 2 nitrogen and oxygen atoms in total. The smallest absolute Gasteiger partial charge is 0.0642 e. The Kier molecular flexibility index (Phi) is 3.51. The molecule has 1 heterocycles. The van der Waals surface area contributed by atoms with E-state index < -0.39 is 0 Å². The highest BCUT2D eigenvalue weighted by Gasteiger charge is 2.10. The number of nitrogens with zero attached hydrogens (tertiary/aromatic N) is 1. The number of benzene rings is 2. The van der Waals surface area contributed by atoms with Crippen LogP contribution in [-0.4, -0.2) is 26.3 Å². The molecule has 0 saturated carbocycles. The van der Waals surface area contributed by atoms with Crippen LogP contribution in [0.15, 0.2) is 48.5 Å². The molecule has 2 aromatic carbocycles. The highest BCUT2D eigenvalue weighted by molar-refractivity contribution is 5.66. The topological polar surface area (TPSA) is 12.5 Å². The molecule has 1 aliphatic rings. The molecule has 0 amide bonds. The summed E-state index contributed by atoms with van der Waals surface area (Å²) in [7, 11) is 0. The van der Waals surface area contributed by atoms with Gasteiger partial charge >= 0.3 is 0 Å². The van der Waals surface area contributed by atoms with E-state index in [4.69, 9.17) is 4.74 Å². The molecule has 1 aliphatic heterocycles. The fourth-order valence-corrected chi connectivity index (χ4v) is 2.43. The van der Waals surface area contributed by atoms with E-state index in [9.17, 15) is 0 Å². The fraction of sp³-hybridized carbons (Fsp3) is 0.294. The van der Waals surface area contributed by atoms with Gasteiger partial charge in [0, 0.05) is 18.8 Å². The van der Waals surface area contributed by atoms with Crippen LogP contribution in [0, 0.1) is 6.92 Å². The van der Waals surface area contributed by atoms with Crippen LogP contribution in [0.3, 0.4) is 0 Å². The molecule has 0 spiro atoms. The van der Waals surface area contributed by atoms with E-state index in [1.807, 2.05) is 0 Å². The van der Waals surface area contributed by atoms with Crippen molar-refractivity contribution < 1.29 is 4.74 Å². The van der Waals surface area contributed by atoms with E-state index >= 15 is 0 Å². The minimum absolute atomic E-state index is 0.833. The minimum Gasteiger partial charge on any atom is -0.378 e. The number of hydrogen-bond acceptors (Lipinski definition) is 2. The van der Waals surface area contributed by atoms with Gasteiger partial charge < -0.3 is 9.64 Å². The third-order valence-corrected chi connectivity index (χ3v) is 3.63. The zero-order valence-electron chi connectivity index (χ0n) is 11.3. The van der Waals surface area contributed by atoms with Gasteiger partial charge in [-0.2, -0.15) is 0 Å². The van der Waals surface area contributed by atoms with E-state index in [2.05, 4.69) is 60.4 Å². The Morgan fingerprint density at radius 2 is 1.32 bits per heavy atom. The van der Waals surface area contributed by atoms with Crippen LogP contribution >= 0.6 is 0 Å². The molecule has 0 aromatic heterocycles. The third-order valence-electron chi connectivity index (χ3n) is 3.63. The molecule has 0 atom stereocenters. The number of rotatable bonds is 2. The van der Waals surface area contributed by atoms with E-state index in [1.165, 1.54) is 22.4 Å². The molecule has 3 rings (SSSR count). The van der Waals surface area contributed by atoms with Gasteiger partial charge in [-0.3, -0.25) is 0 Å². The van der Waals surface area contributed by atoms with Crippen molar-refractivity contribution in [3.8, 4) is 11.1 Å². The van der Waals surface area contributed by atoms with Crippen molar-refractivity contribution in [2.45, 2.75) is 6.92 Å². The Balaban J connectivity index is 1.80. The maximum atomic E-state index is 5.38. The maximum absolute atomic E-state index is 5.38.